The van der Waals surface area contributed by atoms with Crippen LogP contribution in [0.1, 0.15) is 31.2 Å². The molecular weight excluding hydrogens is 576 g/mol. The number of carbonyl (C=O) groups is 2. The average molecular weight is 606 g/mol. The van der Waals surface area contributed by atoms with Crippen molar-refractivity contribution in [3.63, 3.8) is 0 Å². The van der Waals surface area contributed by atoms with Crippen LogP contribution in [0.4, 0.5) is 5.69 Å². The van der Waals surface area contributed by atoms with Gasteiger partial charge in [0, 0.05) is 28.1 Å². The highest BCUT2D eigenvalue weighted by Gasteiger charge is 2.27. The molecule has 3 aromatic rings. The van der Waals surface area contributed by atoms with Crippen LogP contribution >= 0.6 is 27.7 Å². The number of hydrogen-bond acceptors (Lipinski definition) is 6. The summed E-state index contributed by atoms with van der Waals surface area (Å²) in [7, 11) is -3.66. The van der Waals surface area contributed by atoms with Crippen LogP contribution in [0.15, 0.2) is 68.9 Å². The SMILES string of the molecule is Cc1ccc(NC(=O)COC(=O)CSc2ccc3ccccc3c2Br)cc1S(=O)(=O)N1CCCCCC1. The van der Waals surface area contributed by atoms with E-state index in [0.29, 0.717) is 24.3 Å². The Morgan fingerprint density at radius 1 is 1.03 bits per heavy atom. The Balaban J connectivity index is 1.32. The van der Waals surface area contributed by atoms with Gasteiger partial charge in [0.15, 0.2) is 6.61 Å². The Morgan fingerprint density at radius 3 is 2.51 bits per heavy atom. The van der Waals surface area contributed by atoms with Crippen molar-refractivity contribution < 1.29 is 22.7 Å². The van der Waals surface area contributed by atoms with Gasteiger partial charge in [0.05, 0.1) is 10.6 Å². The van der Waals surface area contributed by atoms with Crippen molar-refractivity contribution >= 4 is 66.1 Å². The standard InChI is InChI=1S/C27H29BrN2O5S2/c1-19-10-12-21(16-24(19)37(33,34)30-14-6-2-3-7-15-30)29-25(31)17-35-26(32)18-36-23-13-11-20-8-4-5-9-22(20)27(23)28/h4-5,8-13,16H,2-3,6-7,14-15,17-18H2,1H3,(H,29,31). The van der Waals surface area contributed by atoms with E-state index < -0.39 is 28.5 Å². The molecule has 0 saturated carbocycles. The predicted molar refractivity (Wildman–Crippen MR) is 150 cm³/mol. The molecule has 4 rings (SSSR count). The number of ether oxygens (including phenoxy) is 1. The van der Waals surface area contributed by atoms with Crippen molar-refractivity contribution in [1.29, 1.82) is 0 Å². The maximum absolute atomic E-state index is 13.2. The van der Waals surface area contributed by atoms with Crippen LogP contribution in [0.5, 0.6) is 0 Å². The number of nitrogens with one attached hydrogen (secondary N) is 1. The molecule has 0 aliphatic carbocycles. The Hall–Kier alpha value is -2.40. The number of halogens is 1. The summed E-state index contributed by atoms with van der Waals surface area (Å²) < 4.78 is 34.1. The highest BCUT2D eigenvalue weighted by atomic mass is 79.9. The molecule has 0 spiro atoms. The number of hydrogen-bond donors (Lipinski definition) is 1. The normalized spacial score (nSPS) is 14.8. The number of thioether (sulfide) groups is 1. The molecule has 37 heavy (non-hydrogen) atoms. The van der Waals surface area contributed by atoms with Gasteiger partial charge in [-0.05, 0) is 70.2 Å². The summed E-state index contributed by atoms with van der Waals surface area (Å²) in [5.74, 6) is -1.01. The van der Waals surface area contributed by atoms with Gasteiger partial charge < -0.3 is 10.1 Å². The van der Waals surface area contributed by atoms with Gasteiger partial charge in [-0.3, -0.25) is 9.59 Å². The molecule has 1 aliphatic rings. The third-order valence-corrected chi connectivity index (χ3v) is 10.4. The van der Waals surface area contributed by atoms with Crippen molar-refractivity contribution in [2.24, 2.45) is 0 Å². The lowest BCUT2D eigenvalue weighted by Gasteiger charge is -2.21. The van der Waals surface area contributed by atoms with Crippen LogP contribution in [-0.4, -0.2) is 50.0 Å². The molecule has 1 amide bonds. The van der Waals surface area contributed by atoms with Crippen LogP contribution in [-0.2, 0) is 24.3 Å². The molecule has 1 saturated heterocycles. The monoisotopic (exact) mass is 604 g/mol. The lowest BCUT2D eigenvalue weighted by molar-refractivity contribution is -0.144. The van der Waals surface area contributed by atoms with Gasteiger partial charge in [0.25, 0.3) is 5.91 Å². The number of benzene rings is 3. The average Bonchev–Trinajstić information content (AvgIpc) is 3.19. The molecule has 7 nitrogen and oxygen atoms in total. The fraction of sp³-hybridized carbons (Fsp3) is 0.333. The first-order valence-corrected chi connectivity index (χ1v) is 15.3. The molecule has 0 aromatic heterocycles. The van der Waals surface area contributed by atoms with Gasteiger partial charge in [0.1, 0.15) is 0 Å². The fourth-order valence-corrected chi connectivity index (χ4v) is 7.59. The third-order valence-electron chi connectivity index (χ3n) is 6.19. The summed E-state index contributed by atoms with van der Waals surface area (Å²) in [5.41, 5.74) is 0.958. The Kier molecular flexibility index (Phi) is 9.28. The molecule has 3 aromatic carbocycles. The van der Waals surface area contributed by atoms with E-state index in [0.717, 1.165) is 45.8 Å². The Bertz CT molecular complexity index is 1400. The molecular formula is C27H29BrN2O5S2. The van der Waals surface area contributed by atoms with E-state index in [9.17, 15) is 18.0 Å². The van der Waals surface area contributed by atoms with Crippen LogP contribution in [0.25, 0.3) is 10.8 Å². The van der Waals surface area contributed by atoms with E-state index in [1.54, 1.807) is 19.1 Å². The molecule has 1 heterocycles. The quantitative estimate of drug-likeness (QED) is 0.260. The van der Waals surface area contributed by atoms with Gasteiger partial charge in [-0.2, -0.15) is 4.31 Å². The first-order valence-electron chi connectivity index (χ1n) is 12.1. The van der Waals surface area contributed by atoms with E-state index in [2.05, 4.69) is 21.2 Å². The lowest BCUT2D eigenvalue weighted by atomic mass is 10.1. The summed E-state index contributed by atoms with van der Waals surface area (Å²) in [5, 5.41) is 4.79. The lowest BCUT2D eigenvalue weighted by Crippen LogP contribution is -2.32. The zero-order valence-corrected chi connectivity index (χ0v) is 23.8. The number of carbonyl (C=O) groups excluding carboxylic acids is 2. The summed E-state index contributed by atoms with van der Waals surface area (Å²) in [6, 6.07) is 16.7. The highest BCUT2D eigenvalue weighted by molar-refractivity contribution is 9.10. The molecule has 1 N–H and O–H groups in total. The van der Waals surface area contributed by atoms with Crippen molar-refractivity contribution in [3.05, 3.63) is 64.6 Å². The third kappa shape index (κ3) is 6.93. The first kappa shape index (κ1) is 27.6. The zero-order valence-electron chi connectivity index (χ0n) is 20.5. The number of rotatable bonds is 8. The highest BCUT2D eigenvalue weighted by Crippen LogP contribution is 2.34. The molecule has 0 atom stereocenters. The number of amides is 1. The van der Waals surface area contributed by atoms with Gasteiger partial charge >= 0.3 is 5.97 Å². The Morgan fingerprint density at radius 2 is 1.76 bits per heavy atom. The Labute approximate surface area is 230 Å². The molecule has 0 bridgehead atoms. The number of fused-ring (bicyclic) bond motifs is 1. The van der Waals surface area contributed by atoms with Crippen LogP contribution in [0.2, 0.25) is 0 Å². The van der Waals surface area contributed by atoms with Crippen molar-refractivity contribution in [1.82, 2.24) is 4.31 Å². The smallest absolute Gasteiger partial charge is 0.316 e. The maximum Gasteiger partial charge on any atom is 0.316 e. The topological polar surface area (TPSA) is 92.8 Å². The minimum Gasteiger partial charge on any atom is -0.455 e. The summed E-state index contributed by atoms with van der Waals surface area (Å²) in [6.07, 6.45) is 3.74. The number of sulfonamides is 1. The second-order valence-corrected chi connectivity index (χ2v) is 12.6. The van der Waals surface area contributed by atoms with Crippen LogP contribution < -0.4 is 5.32 Å². The van der Waals surface area contributed by atoms with Gasteiger partial charge in [-0.25, -0.2) is 8.42 Å². The minimum absolute atomic E-state index is 0.0486. The fourth-order valence-electron chi connectivity index (χ4n) is 4.22. The van der Waals surface area contributed by atoms with Gasteiger partial charge in [0.2, 0.25) is 10.0 Å². The number of anilines is 1. The molecule has 1 fully saturated rings. The van der Waals surface area contributed by atoms with E-state index in [4.69, 9.17) is 4.74 Å². The summed E-state index contributed by atoms with van der Waals surface area (Å²) >= 11 is 4.92. The second kappa shape index (κ2) is 12.4. The van der Waals surface area contributed by atoms with Crippen LogP contribution in [0, 0.1) is 6.92 Å². The summed E-state index contributed by atoms with van der Waals surface area (Å²) in [4.78, 5) is 25.8. The second-order valence-electron chi connectivity index (χ2n) is 8.89. The number of aryl methyl sites for hydroxylation is 1. The van der Waals surface area contributed by atoms with Crippen molar-refractivity contribution in [2.45, 2.75) is 42.4 Å². The molecule has 10 heteroatoms. The van der Waals surface area contributed by atoms with E-state index in [1.165, 1.54) is 22.1 Å². The van der Waals surface area contributed by atoms with Gasteiger partial charge in [-0.15, -0.1) is 11.8 Å². The van der Waals surface area contributed by atoms with E-state index in [-0.39, 0.29) is 10.6 Å². The maximum atomic E-state index is 13.2. The molecule has 1 aliphatic heterocycles. The minimum atomic E-state index is -3.66. The van der Waals surface area contributed by atoms with Gasteiger partial charge in [-0.1, -0.05) is 49.2 Å². The zero-order chi connectivity index (χ0) is 26.4. The van der Waals surface area contributed by atoms with Crippen molar-refractivity contribution in [3.8, 4) is 0 Å². The molecule has 196 valence electrons. The number of esters is 1. The van der Waals surface area contributed by atoms with Crippen molar-refractivity contribution in [2.75, 3.05) is 30.8 Å². The largest absolute Gasteiger partial charge is 0.455 e. The molecule has 0 radical (unpaired) electrons. The van der Waals surface area contributed by atoms with Crippen LogP contribution in [0.3, 0.4) is 0 Å². The first-order chi connectivity index (χ1) is 17.8. The summed E-state index contributed by atoms with van der Waals surface area (Å²) in [6.45, 7) is 2.29. The predicted octanol–water partition coefficient (Wildman–Crippen LogP) is 5.75. The number of nitrogens with zero attached hydrogens (tertiary/aromatic N) is 1. The van der Waals surface area contributed by atoms with E-state index in [1.807, 2.05) is 36.4 Å². The molecule has 0 unspecified atom stereocenters. The van der Waals surface area contributed by atoms with E-state index >= 15 is 0 Å².